The van der Waals surface area contributed by atoms with Crippen LogP contribution in [0.25, 0.3) is 0 Å². The van der Waals surface area contributed by atoms with Crippen LogP contribution in [0.4, 0.5) is 0 Å². The van der Waals surface area contributed by atoms with E-state index in [-0.39, 0.29) is 0 Å². The fourth-order valence-corrected chi connectivity index (χ4v) is 4.18. The first-order valence-corrected chi connectivity index (χ1v) is 11.0. The molecule has 7 heteroatoms. The zero-order valence-electron chi connectivity index (χ0n) is 17.3. The van der Waals surface area contributed by atoms with E-state index >= 15 is 0 Å². The molecule has 0 bridgehead atoms. The first-order chi connectivity index (χ1) is 13.0. The van der Waals surface area contributed by atoms with Crippen LogP contribution in [0, 0.1) is 6.92 Å². The average molecular weight is 397 g/mol. The summed E-state index contributed by atoms with van der Waals surface area (Å²) in [6, 6.07) is 4.72. The van der Waals surface area contributed by atoms with Gasteiger partial charge in [-0.15, -0.1) is 11.3 Å². The second-order valence-electron chi connectivity index (χ2n) is 7.12. The van der Waals surface area contributed by atoms with Crippen LogP contribution in [-0.2, 0) is 4.74 Å². The summed E-state index contributed by atoms with van der Waals surface area (Å²) >= 11 is 1.86. The molecule has 0 amide bonds. The van der Waals surface area contributed by atoms with E-state index < -0.39 is 5.60 Å². The highest BCUT2D eigenvalue weighted by Crippen LogP contribution is 2.27. The molecule has 1 aromatic heterocycles. The molecule has 1 aromatic rings. The molecule has 0 saturated carbocycles. The summed E-state index contributed by atoms with van der Waals surface area (Å²) in [7, 11) is 0. The molecular weight excluding hydrogens is 360 g/mol. The van der Waals surface area contributed by atoms with Gasteiger partial charge in [0.15, 0.2) is 5.96 Å². The van der Waals surface area contributed by atoms with E-state index in [2.05, 4.69) is 46.5 Å². The number of aliphatic imine (C=N–C) groups is 1. The molecule has 0 spiro atoms. The Morgan fingerprint density at radius 2 is 1.96 bits per heavy atom. The van der Waals surface area contributed by atoms with Crippen molar-refractivity contribution in [1.29, 1.82) is 0 Å². The van der Waals surface area contributed by atoms with Crippen molar-refractivity contribution in [3.63, 3.8) is 0 Å². The van der Waals surface area contributed by atoms with Crippen molar-refractivity contribution in [1.82, 2.24) is 15.5 Å². The number of rotatable bonds is 9. The molecule has 0 aromatic carbocycles. The second-order valence-corrected chi connectivity index (χ2v) is 8.44. The third-order valence-corrected chi connectivity index (χ3v) is 6.33. The van der Waals surface area contributed by atoms with Crippen molar-refractivity contribution < 1.29 is 9.84 Å². The molecule has 0 radical (unpaired) electrons. The van der Waals surface area contributed by atoms with Gasteiger partial charge in [0.2, 0.25) is 0 Å². The van der Waals surface area contributed by atoms with Crippen LogP contribution in [-0.4, -0.2) is 67.5 Å². The summed E-state index contributed by atoms with van der Waals surface area (Å²) in [5.74, 6) is 0.768. The monoisotopic (exact) mass is 396 g/mol. The Kier molecular flexibility index (Phi) is 9.02. The smallest absolute Gasteiger partial charge is 0.191 e. The van der Waals surface area contributed by atoms with Gasteiger partial charge in [-0.05, 0) is 38.8 Å². The van der Waals surface area contributed by atoms with E-state index in [1.54, 1.807) is 0 Å². The van der Waals surface area contributed by atoms with Crippen LogP contribution < -0.4 is 10.6 Å². The predicted molar refractivity (Wildman–Crippen MR) is 114 cm³/mol. The Balaban J connectivity index is 2.07. The molecule has 27 heavy (non-hydrogen) atoms. The number of nitrogens with zero attached hydrogens (tertiary/aromatic N) is 2. The van der Waals surface area contributed by atoms with Gasteiger partial charge in [-0.1, -0.05) is 13.8 Å². The SMILES string of the molecule is CCNC(=NCC(O)(CC)CC)NCC(c1ccc(C)s1)N1CCOCC1. The van der Waals surface area contributed by atoms with E-state index in [0.717, 1.165) is 45.4 Å². The van der Waals surface area contributed by atoms with Crippen LogP contribution in [0.3, 0.4) is 0 Å². The third-order valence-electron chi connectivity index (χ3n) is 5.23. The topological polar surface area (TPSA) is 69.1 Å². The van der Waals surface area contributed by atoms with Crippen molar-refractivity contribution in [2.75, 3.05) is 45.9 Å². The predicted octanol–water partition coefficient (Wildman–Crippen LogP) is 2.54. The van der Waals surface area contributed by atoms with Gasteiger partial charge in [0.05, 0.1) is 31.4 Å². The summed E-state index contributed by atoms with van der Waals surface area (Å²) in [5, 5.41) is 17.3. The van der Waals surface area contributed by atoms with Crippen molar-refractivity contribution in [2.45, 2.75) is 52.2 Å². The van der Waals surface area contributed by atoms with Crippen LogP contribution in [0.5, 0.6) is 0 Å². The maximum absolute atomic E-state index is 10.5. The van der Waals surface area contributed by atoms with Crippen LogP contribution >= 0.6 is 11.3 Å². The third kappa shape index (κ3) is 6.75. The fraction of sp³-hybridized carbons (Fsp3) is 0.750. The fourth-order valence-electron chi connectivity index (χ4n) is 3.17. The lowest BCUT2D eigenvalue weighted by Gasteiger charge is -2.34. The standard InChI is InChI=1S/C20H36N4O2S/c1-5-20(25,6-2)15-23-19(21-7-3)22-14-17(18-9-8-16(4)27-18)24-10-12-26-13-11-24/h8-9,17,25H,5-7,10-15H2,1-4H3,(H2,21,22,23). The molecule has 2 heterocycles. The molecule has 1 fully saturated rings. The van der Waals surface area contributed by atoms with Crippen LogP contribution in [0.15, 0.2) is 17.1 Å². The summed E-state index contributed by atoms with van der Waals surface area (Å²) < 4.78 is 5.53. The number of aryl methyl sites for hydroxylation is 1. The van der Waals surface area contributed by atoms with Crippen LogP contribution in [0.1, 0.15) is 49.4 Å². The molecule has 1 unspecified atom stereocenters. The van der Waals surface area contributed by atoms with Gasteiger partial charge < -0.3 is 20.5 Å². The first-order valence-electron chi connectivity index (χ1n) is 10.1. The minimum Gasteiger partial charge on any atom is -0.388 e. The zero-order chi connectivity index (χ0) is 19.7. The lowest BCUT2D eigenvalue weighted by atomic mass is 9.98. The zero-order valence-corrected chi connectivity index (χ0v) is 18.1. The van der Waals surface area contributed by atoms with Gasteiger partial charge in [-0.3, -0.25) is 9.89 Å². The van der Waals surface area contributed by atoms with E-state index in [9.17, 15) is 5.11 Å². The Morgan fingerprint density at radius 3 is 2.52 bits per heavy atom. The van der Waals surface area contributed by atoms with E-state index in [4.69, 9.17) is 4.74 Å². The number of morpholine rings is 1. The van der Waals surface area contributed by atoms with Crippen LogP contribution in [0.2, 0.25) is 0 Å². The molecular formula is C20H36N4O2S. The molecule has 1 aliphatic heterocycles. The van der Waals surface area contributed by atoms with Crippen molar-refractivity contribution >= 4 is 17.3 Å². The van der Waals surface area contributed by atoms with Crippen molar-refractivity contribution in [2.24, 2.45) is 4.99 Å². The van der Waals surface area contributed by atoms with Gasteiger partial charge in [-0.2, -0.15) is 0 Å². The number of nitrogens with one attached hydrogen (secondary N) is 2. The normalized spacial score (nSPS) is 17.7. The van der Waals surface area contributed by atoms with Gasteiger partial charge in [0, 0.05) is 35.9 Å². The Hall–Kier alpha value is -1.15. The van der Waals surface area contributed by atoms with Crippen molar-refractivity contribution in [3.8, 4) is 0 Å². The molecule has 1 atom stereocenters. The maximum atomic E-state index is 10.5. The Bertz CT molecular complexity index is 580. The maximum Gasteiger partial charge on any atom is 0.191 e. The van der Waals surface area contributed by atoms with Gasteiger partial charge >= 0.3 is 0 Å². The Morgan fingerprint density at radius 1 is 1.26 bits per heavy atom. The number of guanidine groups is 1. The summed E-state index contributed by atoms with van der Waals surface area (Å²) in [4.78, 5) is 9.84. The quantitative estimate of drug-likeness (QED) is 0.442. The van der Waals surface area contributed by atoms with Gasteiger partial charge in [0.1, 0.15) is 0 Å². The molecule has 154 valence electrons. The number of thiophene rings is 1. The minimum atomic E-state index is -0.725. The van der Waals surface area contributed by atoms with E-state index in [1.807, 2.05) is 25.2 Å². The minimum absolute atomic E-state index is 0.299. The number of hydrogen-bond acceptors (Lipinski definition) is 5. The molecule has 1 aliphatic rings. The summed E-state index contributed by atoms with van der Waals surface area (Å²) in [5.41, 5.74) is -0.725. The van der Waals surface area contributed by atoms with Gasteiger partial charge in [-0.25, -0.2) is 0 Å². The number of ether oxygens (including phenoxy) is 1. The lowest BCUT2D eigenvalue weighted by Crippen LogP contribution is -2.46. The highest BCUT2D eigenvalue weighted by molar-refractivity contribution is 7.12. The number of aliphatic hydroxyl groups is 1. The molecule has 1 saturated heterocycles. The highest BCUT2D eigenvalue weighted by atomic mass is 32.1. The van der Waals surface area contributed by atoms with E-state index in [0.29, 0.717) is 25.4 Å². The second kappa shape index (κ2) is 11.0. The first kappa shape index (κ1) is 22.1. The van der Waals surface area contributed by atoms with Gasteiger partial charge in [0.25, 0.3) is 0 Å². The number of hydrogen-bond donors (Lipinski definition) is 3. The summed E-state index contributed by atoms with van der Waals surface area (Å²) in [6.45, 7) is 13.7. The highest BCUT2D eigenvalue weighted by Gasteiger charge is 2.25. The molecule has 3 N–H and O–H groups in total. The lowest BCUT2D eigenvalue weighted by molar-refractivity contribution is 0.0176. The average Bonchev–Trinajstić information content (AvgIpc) is 3.12. The van der Waals surface area contributed by atoms with Crippen molar-refractivity contribution in [3.05, 3.63) is 21.9 Å². The Labute approximate surface area is 168 Å². The molecule has 0 aliphatic carbocycles. The van der Waals surface area contributed by atoms with E-state index in [1.165, 1.54) is 9.75 Å². The molecule has 2 rings (SSSR count). The molecule has 6 nitrogen and oxygen atoms in total. The largest absolute Gasteiger partial charge is 0.388 e. The summed E-state index contributed by atoms with van der Waals surface area (Å²) in [6.07, 6.45) is 1.41.